The number of para-hydroxylation sites is 1. The Kier molecular flexibility index (Phi) is 4.58. The van der Waals surface area contributed by atoms with Crippen LogP contribution < -0.4 is 10.2 Å². The predicted molar refractivity (Wildman–Crippen MR) is 105 cm³/mol. The number of aromatic nitrogens is 4. The first kappa shape index (κ1) is 17.2. The molecule has 7 nitrogen and oxygen atoms in total. The van der Waals surface area contributed by atoms with Gasteiger partial charge in [0.1, 0.15) is 17.8 Å². The molecule has 138 valence electrons. The molecule has 0 radical (unpaired) electrons. The minimum Gasteiger partial charge on any atom is -0.310 e. The van der Waals surface area contributed by atoms with Gasteiger partial charge in [0, 0.05) is 18.3 Å². The van der Waals surface area contributed by atoms with E-state index in [1.54, 1.807) is 17.3 Å². The number of anilines is 2. The van der Waals surface area contributed by atoms with Crippen molar-refractivity contribution in [1.29, 1.82) is 0 Å². The largest absolute Gasteiger partial charge is 0.327 e. The molecule has 1 aliphatic heterocycles. The number of nitrogens with one attached hydrogen (secondary N) is 1. The van der Waals surface area contributed by atoms with Crippen LogP contribution in [0.4, 0.5) is 16.3 Å². The third-order valence-electron chi connectivity index (χ3n) is 4.70. The summed E-state index contributed by atoms with van der Waals surface area (Å²) in [6, 6.07) is 13.6. The van der Waals surface area contributed by atoms with Crippen LogP contribution in [0.25, 0.3) is 11.5 Å². The van der Waals surface area contributed by atoms with Gasteiger partial charge in [-0.15, -0.1) is 10.2 Å². The second kappa shape index (κ2) is 7.19. The zero-order chi connectivity index (χ0) is 18.8. The van der Waals surface area contributed by atoms with Gasteiger partial charge in [-0.3, -0.25) is 10.2 Å². The normalized spacial score (nSPS) is 13.5. The lowest BCUT2D eigenvalue weighted by Gasteiger charge is -2.29. The average Bonchev–Trinajstić information content (AvgIpc) is 3.18. The summed E-state index contributed by atoms with van der Waals surface area (Å²) in [6.07, 6.45) is 3.64. The Balaban J connectivity index is 1.57. The van der Waals surface area contributed by atoms with E-state index in [0.717, 1.165) is 18.5 Å². The minimum atomic E-state index is -0.169. The Morgan fingerprint density at radius 1 is 1.15 bits per heavy atom. The van der Waals surface area contributed by atoms with E-state index < -0.39 is 0 Å². The molecule has 7 heteroatoms. The lowest BCUT2D eigenvalue weighted by atomic mass is 10.0. The quantitative estimate of drug-likeness (QED) is 0.766. The van der Waals surface area contributed by atoms with Gasteiger partial charge in [-0.25, -0.2) is 9.78 Å². The number of carbonyl (C=O) groups excluding carboxylic acids is 1. The number of benzene rings is 1. The Morgan fingerprint density at radius 3 is 2.85 bits per heavy atom. The third-order valence-corrected chi connectivity index (χ3v) is 4.70. The summed E-state index contributed by atoms with van der Waals surface area (Å²) >= 11 is 0. The molecule has 0 atom stereocenters. The highest BCUT2D eigenvalue weighted by molar-refractivity contribution is 6.02. The molecule has 4 rings (SSSR count). The molecule has 3 aromatic rings. The number of hydrogen-bond donors (Lipinski definition) is 1. The number of nitrogens with zero attached hydrogens (tertiary/aromatic N) is 5. The van der Waals surface area contributed by atoms with E-state index in [2.05, 4.69) is 40.4 Å². The fourth-order valence-corrected chi connectivity index (χ4v) is 3.35. The van der Waals surface area contributed by atoms with Crippen molar-refractivity contribution in [3.63, 3.8) is 0 Å². The number of rotatable bonds is 3. The van der Waals surface area contributed by atoms with E-state index in [4.69, 9.17) is 0 Å². The van der Waals surface area contributed by atoms with Gasteiger partial charge in [-0.1, -0.05) is 24.3 Å². The number of pyridine rings is 1. The van der Waals surface area contributed by atoms with Crippen LogP contribution >= 0.6 is 0 Å². The number of urea groups is 1. The molecule has 0 aliphatic carbocycles. The molecule has 1 N–H and O–H groups in total. The first-order chi connectivity index (χ1) is 13.1. The zero-order valence-corrected chi connectivity index (χ0v) is 15.5. The zero-order valence-electron chi connectivity index (χ0n) is 15.5. The molecule has 0 fully saturated rings. The van der Waals surface area contributed by atoms with E-state index in [1.165, 1.54) is 5.56 Å². The molecule has 0 bridgehead atoms. The number of hydrogen-bond acceptors (Lipinski definition) is 4. The fraction of sp³-hybridized carbons (Fsp3) is 0.300. The first-order valence-corrected chi connectivity index (χ1v) is 9.17. The van der Waals surface area contributed by atoms with Gasteiger partial charge in [0.05, 0.1) is 0 Å². The maximum absolute atomic E-state index is 12.8. The summed E-state index contributed by atoms with van der Waals surface area (Å²) in [4.78, 5) is 19.2. The first-order valence-electron chi connectivity index (χ1n) is 9.17. The van der Waals surface area contributed by atoms with E-state index >= 15 is 0 Å². The summed E-state index contributed by atoms with van der Waals surface area (Å²) in [5, 5.41) is 11.1. The molecule has 1 aliphatic rings. The van der Waals surface area contributed by atoms with Crippen molar-refractivity contribution in [3.05, 3.63) is 54.4 Å². The Morgan fingerprint density at radius 2 is 2.00 bits per heavy atom. The van der Waals surface area contributed by atoms with Crippen molar-refractivity contribution in [1.82, 2.24) is 19.7 Å². The highest BCUT2D eigenvalue weighted by Gasteiger charge is 2.22. The smallest absolute Gasteiger partial charge is 0.310 e. The molecule has 0 saturated carbocycles. The standard InChI is InChI=1S/C20H22N6O/c1-14(2)26-13-21-24-19(26)16-9-5-11-18(22-16)23-20(27)25-12-6-8-15-7-3-4-10-17(15)25/h3-5,7,9-11,13-14H,6,8,12H2,1-2H3,(H,22,23,27). The molecule has 3 heterocycles. The minimum absolute atomic E-state index is 0.169. The van der Waals surface area contributed by atoms with Crippen LogP contribution in [0.1, 0.15) is 31.9 Å². The van der Waals surface area contributed by atoms with Gasteiger partial charge >= 0.3 is 6.03 Å². The van der Waals surface area contributed by atoms with E-state index in [0.29, 0.717) is 23.9 Å². The summed E-state index contributed by atoms with van der Waals surface area (Å²) in [7, 11) is 0. The van der Waals surface area contributed by atoms with E-state index in [-0.39, 0.29) is 12.1 Å². The predicted octanol–water partition coefficient (Wildman–Crippen LogP) is 3.91. The van der Waals surface area contributed by atoms with Crippen LogP contribution in [0, 0.1) is 0 Å². The van der Waals surface area contributed by atoms with Crippen LogP contribution in [0.5, 0.6) is 0 Å². The monoisotopic (exact) mass is 362 g/mol. The maximum atomic E-state index is 12.8. The highest BCUT2D eigenvalue weighted by Crippen LogP contribution is 2.27. The van der Waals surface area contributed by atoms with Crippen molar-refractivity contribution in [2.45, 2.75) is 32.7 Å². The van der Waals surface area contributed by atoms with Crippen LogP contribution in [0.15, 0.2) is 48.8 Å². The van der Waals surface area contributed by atoms with Crippen LogP contribution in [0.3, 0.4) is 0 Å². The molecule has 0 saturated heterocycles. The van der Waals surface area contributed by atoms with Gasteiger partial charge in [-0.05, 0) is 50.5 Å². The fourth-order valence-electron chi connectivity index (χ4n) is 3.35. The number of aryl methyl sites for hydroxylation is 1. The summed E-state index contributed by atoms with van der Waals surface area (Å²) in [5.41, 5.74) is 2.85. The highest BCUT2D eigenvalue weighted by atomic mass is 16.2. The molecular weight excluding hydrogens is 340 g/mol. The second-order valence-electron chi connectivity index (χ2n) is 6.88. The lowest BCUT2D eigenvalue weighted by molar-refractivity contribution is 0.256. The van der Waals surface area contributed by atoms with Crippen LogP contribution in [-0.2, 0) is 6.42 Å². The maximum Gasteiger partial charge on any atom is 0.327 e. The molecule has 27 heavy (non-hydrogen) atoms. The summed E-state index contributed by atoms with van der Waals surface area (Å²) in [6.45, 7) is 4.82. The Bertz CT molecular complexity index is 964. The van der Waals surface area contributed by atoms with Crippen LogP contribution in [-0.4, -0.2) is 32.3 Å². The number of fused-ring (bicyclic) bond motifs is 1. The van der Waals surface area contributed by atoms with Gasteiger partial charge < -0.3 is 4.57 Å². The van der Waals surface area contributed by atoms with Crippen molar-refractivity contribution in [2.24, 2.45) is 0 Å². The molecule has 0 spiro atoms. The van der Waals surface area contributed by atoms with Gasteiger partial charge in [0.2, 0.25) is 0 Å². The molecule has 2 aromatic heterocycles. The van der Waals surface area contributed by atoms with Crippen molar-refractivity contribution >= 4 is 17.5 Å². The van der Waals surface area contributed by atoms with Crippen molar-refractivity contribution < 1.29 is 4.79 Å². The number of carbonyl (C=O) groups is 1. The van der Waals surface area contributed by atoms with Crippen molar-refractivity contribution in [3.8, 4) is 11.5 Å². The second-order valence-corrected chi connectivity index (χ2v) is 6.88. The Hall–Kier alpha value is -3.22. The van der Waals surface area contributed by atoms with Gasteiger partial charge in [-0.2, -0.15) is 0 Å². The Labute approximate surface area is 158 Å². The summed E-state index contributed by atoms with van der Waals surface area (Å²) in [5.74, 6) is 1.18. The molecule has 2 amide bonds. The van der Waals surface area contributed by atoms with E-state index in [9.17, 15) is 4.79 Å². The SMILES string of the molecule is CC(C)n1cnnc1-c1cccc(NC(=O)N2CCCc3ccccc32)n1. The summed E-state index contributed by atoms with van der Waals surface area (Å²) < 4.78 is 1.95. The van der Waals surface area contributed by atoms with Gasteiger partial charge in [0.25, 0.3) is 0 Å². The third kappa shape index (κ3) is 3.40. The van der Waals surface area contributed by atoms with Crippen molar-refractivity contribution in [2.75, 3.05) is 16.8 Å². The van der Waals surface area contributed by atoms with Crippen LogP contribution in [0.2, 0.25) is 0 Å². The number of amides is 2. The molecule has 1 aromatic carbocycles. The average molecular weight is 362 g/mol. The molecular formula is C20H22N6O. The van der Waals surface area contributed by atoms with Gasteiger partial charge in [0.15, 0.2) is 5.82 Å². The topological polar surface area (TPSA) is 75.9 Å². The molecule has 0 unspecified atom stereocenters. The lowest BCUT2D eigenvalue weighted by Crippen LogP contribution is -2.38. The van der Waals surface area contributed by atoms with E-state index in [1.807, 2.05) is 34.9 Å².